The number of fused-ring (bicyclic) bond motifs is 1. The second-order valence-corrected chi connectivity index (χ2v) is 8.63. The van der Waals surface area contributed by atoms with E-state index in [0.29, 0.717) is 16.9 Å². The van der Waals surface area contributed by atoms with Gasteiger partial charge in [0.05, 0.1) is 19.3 Å². The highest BCUT2D eigenvalue weighted by Gasteiger charge is 2.55. The van der Waals surface area contributed by atoms with E-state index in [-0.39, 0.29) is 17.9 Å². The summed E-state index contributed by atoms with van der Waals surface area (Å²) in [6.07, 6.45) is -6.51. The molecule has 198 valence electrons. The lowest BCUT2D eigenvalue weighted by atomic mass is 9.97. The molecule has 6 atom stereocenters. The molecule has 2 heterocycles. The van der Waals surface area contributed by atoms with Crippen molar-refractivity contribution in [2.75, 3.05) is 13.7 Å². The smallest absolute Gasteiger partial charge is 0.340 e. The number of carbonyl (C=O) groups excluding carboxylic acids is 3. The van der Waals surface area contributed by atoms with E-state index in [1.54, 1.807) is 37.3 Å². The van der Waals surface area contributed by atoms with Gasteiger partial charge in [0, 0.05) is 19.4 Å². The lowest BCUT2D eigenvalue weighted by Crippen LogP contribution is -2.64. The van der Waals surface area contributed by atoms with Crippen LogP contribution in [0.3, 0.4) is 0 Å². The van der Waals surface area contributed by atoms with Crippen molar-refractivity contribution in [1.82, 2.24) is 0 Å². The number of hydrogen-bond acceptors (Lipinski definition) is 11. The fraction of sp³-hybridized carbons (Fsp3) is 0.423. The summed E-state index contributed by atoms with van der Waals surface area (Å²) < 4.78 is 39.6. The van der Waals surface area contributed by atoms with Crippen molar-refractivity contribution < 1.29 is 52.6 Å². The molecule has 11 nitrogen and oxygen atoms in total. The van der Waals surface area contributed by atoms with Gasteiger partial charge in [-0.25, -0.2) is 4.79 Å². The highest BCUT2D eigenvalue weighted by atomic mass is 16.8. The second-order valence-electron chi connectivity index (χ2n) is 8.63. The number of rotatable bonds is 6. The van der Waals surface area contributed by atoms with Gasteiger partial charge in [-0.15, -0.1) is 0 Å². The van der Waals surface area contributed by atoms with Crippen LogP contribution in [0.2, 0.25) is 0 Å². The third kappa shape index (κ3) is 6.01. The van der Waals surface area contributed by atoms with E-state index >= 15 is 0 Å². The van der Waals surface area contributed by atoms with Crippen molar-refractivity contribution in [3.8, 4) is 11.5 Å². The van der Waals surface area contributed by atoms with Gasteiger partial charge in [-0.2, -0.15) is 0 Å². The number of aryl methyl sites for hydroxylation is 1. The van der Waals surface area contributed by atoms with Gasteiger partial charge in [0.2, 0.25) is 12.4 Å². The van der Waals surface area contributed by atoms with Gasteiger partial charge in [-0.05, 0) is 42.8 Å². The molecule has 0 bridgehead atoms. The first-order chi connectivity index (χ1) is 17.7. The number of esters is 3. The largest absolute Gasteiger partial charge is 0.508 e. The number of aromatic hydroxyl groups is 1. The van der Waals surface area contributed by atoms with E-state index < -0.39 is 54.9 Å². The summed E-state index contributed by atoms with van der Waals surface area (Å²) in [5, 5.41) is 9.57. The van der Waals surface area contributed by atoms with Crippen LogP contribution in [0.5, 0.6) is 11.5 Å². The number of phenolic OH excluding ortho intramolecular Hbond substituents is 1. The molecule has 0 spiro atoms. The first kappa shape index (κ1) is 26.4. The van der Waals surface area contributed by atoms with Crippen LogP contribution in [0, 0.1) is 6.92 Å². The predicted octanol–water partition coefficient (Wildman–Crippen LogP) is 2.57. The van der Waals surface area contributed by atoms with Crippen LogP contribution in [-0.2, 0) is 38.0 Å². The van der Waals surface area contributed by atoms with Gasteiger partial charge in [0.25, 0.3) is 0 Å². The van der Waals surface area contributed by atoms with Crippen molar-refractivity contribution in [3.63, 3.8) is 0 Å². The molecule has 0 aliphatic carbocycles. The van der Waals surface area contributed by atoms with Gasteiger partial charge in [0.15, 0.2) is 12.4 Å². The molecule has 2 aromatic rings. The molecule has 2 aliphatic heterocycles. The molecule has 0 radical (unpaired) electrons. The number of hydrogen-bond donors (Lipinski definition) is 1. The van der Waals surface area contributed by atoms with Gasteiger partial charge in [0.1, 0.15) is 23.7 Å². The molecule has 0 saturated carbocycles. The van der Waals surface area contributed by atoms with Gasteiger partial charge >= 0.3 is 17.9 Å². The lowest BCUT2D eigenvalue weighted by molar-refractivity contribution is -0.354. The molecule has 37 heavy (non-hydrogen) atoms. The summed E-state index contributed by atoms with van der Waals surface area (Å²) >= 11 is 0. The normalized spacial score (nSPS) is 26.9. The molecule has 2 aliphatic rings. The van der Waals surface area contributed by atoms with Crippen molar-refractivity contribution in [1.29, 1.82) is 0 Å². The summed E-state index contributed by atoms with van der Waals surface area (Å²) in [6, 6.07) is 11.0. The standard InChI is InChI=1S/C26H28O11/c1-13-11-18(31-4)9-10-19(13)24(30)37-26-23(34-15(3)28)22(33-14(2)27)21-20(35-26)12-32-25(36-21)16-5-7-17(29)8-6-16/h5-11,20-23,25-26,29H,12H2,1-4H3/t20-,21-,22+,23-,25-,26+/m1/s1. The van der Waals surface area contributed by atoms with E-state index in [1.165, 1.54) is 33.1 Å². The number of carbonyl (C=O) groups is 3. The average Bonchev–Trinajstić information content (AvgIpc) is 2.85. The zero-order valence-electron chi connectivity index (χ0n) is 20.7. The van der Waals surface area contributed by atoms with E-state index in [0.717, 1.165) is 0 Å². The van der Waals surface area contributed by atoms with Crippen molar-refractivity contribution >= 4 is 17.9 Å². The van der Waals surface area contributed by atoms with Crippen LogP contribution in [0.15, 0.2) is 42.5 Å². The fourth-order valence-electron chi connectivity index (χ4n) is 4.25. The minimum absolute atomic E-state index is 0.00359. The summed E-state index contributed by atoms with van der Waals surface area (Å²) in [4.78, 5) is 37.1. The van der Waals surface area contributed by atoms with Crippen LogP contribution >= 0.6 is 0 Å². The fourth-order valence-corrected chi connectivity index (χ4v) is 4.25. The van der Waals surface area contributed by atoms with E-state index in [4.69, 9.17) is 33.2 Å². The van der Waals surface area contributed by atoms with E-state index in [1.807, 2.05) is 0 Å². The van der Waals surface area contributed by atoms with Crippen molar-refractivity contribution in [3.05, 3.63) is 59.2 Å². The molecular formula is C26H28O11. The predicted molar refractivity (Wildman–Crippen MR) is 125 cm³/mol. The van der Waals surface area contributed by atoms with Crippen LogP contribution in [0.1, 0.15) is 41.6 Å². The topological polar surface area (TPSA) is 136 Å². The number of ether oxygens (including phenoxy) is 7. The van der Waals surface area contributed by atoms with Gasteiger partial charge in [-0.1, -0.05) is 12.1 Å². The maximum absolute atomic E-state index is 13.0. The molecule has 0 aromatic heterocycles. The second kappa shape index (κ2) is 11.2. The minimum Gasteiger partial charge on any atom is -0.508 e. The Hall–Kier alpha value is -3.67. The van der Waals surface area contributed by atoms with Crippen LogP contribution in [0.25, 0.3) is 0 Å². The Labute approximate surface area is 213 Å². The zero-order valence-corrected chi connectivity index (χ0v) is 20.7. The molecule has 11 heteroatoms. The first-order valence-electron chi connectivity index (χ1n) is 11.6. The number of benzene rings is 2. The number of phenols is 1. The maximum Gasteiger partial charge on any atom is 0.340 e. The summed E-state index contributed by atoms with van der Waals surface area (Å²) in [5.41, 5.74) is 1.45. The first-order valence-corrected chi connectivity index (χ1v) is 11.6. The van der Waals surface area contributed by atoms with Crippen LogP contribution in [-0.4, -0.2) is 67.4 Å². The lowest BCUT2D eigenvalue weighted by Gasteiger charge is -2.47. The highest BCUT2D eigenvalue weighted by molar-refractivity contribution is 5.91. The SMILES string of the molecule is COc1ccc(C(=O)O[C@@H]2O[C@@H]3CO[C@@H](c4ccc(O)cc4)O[C@H]3[C@H](OC(C)=O)[C@H]2OC(C)=O)c(C)c1. The Morgan fingerprint density at radius 2 is 1.59 bits per heavy atom. The third-order valence-corrected chi connectivity index (χ3v) is 5.93. The van der Waals surface area contributed by atoms with Crippen LogP contribution in [0.4, 0.5) is 0 Å². The molecule has 0 amide bonds. The number of methoxy groups -OCH3 is 1. The van der Waals surface area contributed by atoms with Gasteiger partial charge < -0.3 is 38.3 Å². The molecule has 0 unspecified atom stereocenters. The Balaban J connectivity index is 1.60. The maximum atomic E-state index is 13.0. The van der Waals surface area contributed by atoms with Gasteiger partial charge in [-0.3, -0.25) is 9.59 Å². The zero-order chi connectivity index (χ0) is 26.7. The van der Waals surface area contributed by atoms with Crippen molar-refractivity contribution in [2.24, 2.45) is 0 Å². The Bertz CT molecular complexity index is 1150. The summed E-state index contributed by atoms with van der Waals surface area (Å²) in [7, 11) is 1.51. The highest BCUT2D eigenvalue weighted by Crippen LogP contribution is 2.37. The monoisotopic (exact) mass is 516 g/mol. The molecule has 1 N–H and O–H groups in total. The van der Waals surface area contributed by atoms with E-state index in [2.05, 4.69) is 0 Å². The molecular weight excluding hydrogens is 488 g/mol. The Morgan fingerprint density at radius 3 is 2.22 bits per heavy atom. The Kier molecular flexibility index (Phi) is 7.96. The quantitative estimate of drug-likeness (QED) is 0.448. The molecule has 4 rings (SSSR count). The summed E-state index contributed by atoms with van der Waals surface area (Å²) in [5.74, 6) is -1.45. The van der Waals surface area contributed by atoms with Crippen LogP contribution < -0.4 is 4.74 Å². The molecule has 2 saturated heterocycles. The van der Waals surface area contributed by atoms with E-state index in [9.17, 15) is 19.5 Å². The molecule has 2 fully saturated rings. The third-order valence-electron chi connectivity index (χ3n) is 5.93. The minimum atomic E-state index is -1.42. The van der Waals surface area contributed by atoms with Crippen molar-refractivity contribution in [2.45, 2.75) is 57.8 Å². The Morgan fingerprint density at radius 1 is 0.919 bits per heavy atom. The average molecular weight is 516 g/mol. The summed E-state index contributed by atoms with van der Waals surface area (Å²) in [6.45, 7) is 4.09. The molecule has 2 aromatic carbocycles.